The summed E-state index contributed by atoms with van der Waals surface area (Å²) in [4.78, 5) is 37.7. The molecule has 0 spiro atoms. The number of benzene rings is 2. The molecule has 2 aromatic rings. The van der Waals surface area contributed by atoms with E-state index in [0.29, 0.717) is 16.3 Å². The number of rotatable bonds is 4. The number of imide groups is 1. The number of thioether (sulfide) groups is 1. The Morgan fingerprint density at radius 2 is 1.85 bits per heavy atom. The fraction of sp³-hybridized carbons (Fsp3) is 0.0556. The quantitative estimate of drug-likeness (QED) is 0.779. The first kappa shape index (κ1) is 18.0. The Hall–Kier alpha value is -2.77. The van der Waals surface area contributed by atoms with Gasteiger partial charge in [0.05, 0.1) is 15.6 Å². The van der Waals surface area contributed by atoms with Gasteiger partial charge in [-0.1, -0.05) is 35.9 Å². The average molecular weight is 389 g/mol. The molecule has 0 aliphatic carbocycles. The Kier molecular flexibility index (Phi) is 5.29. The van der Waals surface area contributed by atoms with Crippen molar-refractivity contribution in [2.45, 2.75) is 0 Å². The van der Waals surface area contributed by atoms with E-state index in [1.807, 2.05) is 0 Å². The van der Waals surface area contributed by atoms with Gasteiger partial charge in [-0.05, 0) is 47.7 Å². The number of anilines is 1. The molecule has 0 atom stereocenters. The Morgan fingerprint density at radius 1 is 1.15 bits per heavy atom. The Bertz CT molecular complexity index is 912. The Balaban J connectivity index is 1.70. The number of nitrogens with one attached hydrogen (secondary N) is 1. The summed E-state index contributed by atoms with van der Waals surface area (Å²) in [6.45, 7) is -0.400. The molecule has 132 valence electrons. The normalized spacial score (nSPS) is 15.6. The fourth-order valence-corrected chi connectivity index (χ4v) is 3.28. The predicted molar refractivity (Wildman–Crippen MR) is 101 cm³/mol. The van der Waals surface area contributed by atoms with Gasteiger partial charge in [-0.15, -0.1) is 0 Å². The zero-order valence-corrected chi connectivity index (χ0v) is 14.9. The van der Waals surface area contributed by atoms with Crippen LogP contribution in [-0.4, -0.2) is 33.6 Å². The number of nitrogens with zero attached hydrogens (tertiary/aromatic N) is 1. The number of halogens is 1. The standard InChI is InChI=1S/C18H13ClN2O4S/c19-13-3-1-2-4-14(13)20-16(23)10-21-17(24)15(26-18(21)25)9-11-5-7-12(22)8-6-11/h1-9,22H,10H2,(H,20,23)/b15-9-. The van der Waals surface area contributed by atoms with E-state index in [1.165, 1.54) is 18.2 Å². The molecule has 1 aliphatic rings. The smallest absolute Gasteiger partial charge is 0.294 e. The molecule has 0 saturated carbocycles. The monoisotopic (exact) mass is 388 g/mol. The van der Waals surface area contributed by atoms with Crippen molar-refractivity contribution in [2.75, 3.05) is 11.9 Å². The minimum Gasteiger partial charge on any atom is -0.508 e. The van der Waals surface area contributed by atoms with Crippen molar-refractivity contribution in [3.63, 3.8) is 0 Å². The number of amides is 3. The number of carbonyl (C=O) groups is 3. The van der Waals surface area contributed by atoms with Crippen LogP contribution >= 0.6 is 23.4 Å². The average Bonchev–Trinajstić information content (AvgIpc) is 2.86. The van der Waals surface area contributed by atoms with Gasteiger partial charge in [0.1, 0.15) is 12.3 Å². The second kappa shape index (κ2) is 7.63. The van der Waals surface area contributed by atoms with Crippen LogP contribution in [0.4, 0.5) is 10.5 Å². The second-order valence-corrected chi connectivity index (χ2v) is 6.79. The molecule has 6 nitrogen and oxygen atoms in total. The van der Waals surface area contributed by atoms with E-state index >= 15 is 0 Å². The molecule has 0 bridgehead atoms. The van der Waals surface area contributed by atoms with Gasteiger partial charge in [-0.25, -0.2) is 0 Å². The van der Waals surface area contributed by atoms with Gasteiger partial charge in [-0.2, -0.15) is 0 Å². The molecule has 1 fully saturated rings. The summed E-state index contributed by atoms with van der Waals surface area (Å²) in [6.07, 6.45) is 1.54. The lowest BCUT2D eigenvalue weighted by molar-refractivity contribution is -0.127. The van der Waals surface area contributed by atoms with E-state index in [9.17, 15) is 19.5 Å². The van der Waals surface area contributed by atoms with Crippen LogP contribution in [0.1, 0.15) is 5.56 Å². The van der Waals surface area contributed by atoms with Gasteiger partial charge >= 0.3 is 0 Å². The van der Waals surface area contributed by atoms with E-state index in [-0.39, 0.29) is 10.7 Å². The molecule has 26 heavy (non-hydrogen) atoms. The van der Waals surface area contributed by atoms with Crippen molar-refractivity contribution in [1.82, 2.24) is 4.90 Å². The third-order valence-electron chi connectivity index (χ3n) is 3.51. The summed E-state index contributed by atoms with van der Waals surface area (Å²) in [6, 6.07) is 12.9. The molecule has 0 unspecified atom stereocenters. The molecule has 1 saturated heterocycles. The van der Waals surface area contributed by atoms with Gasteiger partial charge in [0.15, 0.2) is 0 Å². The third-order valence-corrected chi connectivity index (χ3v) is 4.75. The van der Waals surface area contributed by atoms with E-state index in [2.05, 4.69) is 5.32 Å². The van der Waals surface area contributed by atoms with Crippen molar-refractivity contribution < 1.29 is 19.5 Å². The van der Waals surface area contributed by atoms with Crippen molar-refractivity contribution in [1.29, 1.82) is 0 Å². The highest BCUT2D eigenvalue weighted by atomic mass is 35.5. The lowest BCUT2D eigenvalue weighted by atomic mass is 10.2. The summed E-state index contributed by atoms with van der Waals surface area (Å²) in [7, 11) is 0. The summed E-state index contributed by atoms with van der Waals surface area (Å²) in [5, 5.41) is 11.7. The van der Waals surface area contributed by atoms with Crippen LogP contribution in [0.5, 0.6) is 5.75 Å². The van der Waals surface area contributed by atoms with E-state index in [0.717, 1.165) is 16.7 Å². The molecule has 1 heterocycles. The van der Waals surface area contributed by atoms with E-state index < -0.39 is 23.6 Å². The van der Waals surface area contributed by atoms with Gasteiger partial charge in [0.2, 0.25) is 5.91 Å². The van der Waals surface area contributed by atoms with Crippen LogP contribution in [0, 0.1) is 0 Å². The molecule has 1 aliphatic heterocycles. The summed E-state index contributed by atoms with van der Waals surface area (Å²) in [5.41, 5.74) is 1.07. The van der Waals surface area contributed by atoms with Crippen molar-refractivity contribution >= 4 is 52.2 Å². The van der Waals surface area contributed by atoms with Gasteiger partial charge < -0.3 is 10.4 Å². The topological polar surface area (TPSA) is 86.7 Å². The molecular weight excluding hydrogens is 376 g/mol. The molecule has 8 heteroatoms. The molecule has 0 radical (unpaired) electrons. The highest BCUT2D eigenvalue weighted by Crippen LogP contribution is 2.32. The predicted octanol–water partition coefficient (Wildman–Crippen LogP) is 3.72. The third kappa shape index (κ3) is 4.07. The number of carbonyl (C=O) groups excluding carboxylic acids is 3. The number of hydrogen-bond donors (Lipinski definition) is 2. The van der Waals surface area contributed by atoms with Gasteiger partial charge in [-0.3, -0.25) is 19.3 Å². The highest BCUT2D eigenvalue weighted by molar-refractivity contribution is 8.18. The van der Waals surface area contributed by atoms with Crippen LogP contribution in [0.25, 0.3) is 6.08 Å². The van der Waals surface area contributed by atoms with Crippen molar-refractivity contribution in [2.24, 2.45) is 0 Å². The van der Waals surface area contributed by atoms with Crippen LogP contribution in [0.15, 0.2) is 53.4 Å². The minimum absolute atomic E-state index is 0.103. The second-order valence-electron chi connectivity index (χ2n) is 5.39. The van der Waals surface area contributed by atoms with Crippen LogP contribution in [0.2, 0.25) is 5.02 Å². The molecule has 2 N–H and O–H groups in total. The number of hydrogen-bond acceptors (Lipinski definition) is 5. The lowest BCUT2D eigenvalue weighted by Crippen LogP contribution is -2.36. The van der Waals surface area contributed by atoms with Crippen LogP contribution in [0.3, 0.4) is 0 Å². The van der Waals surface area contributed by atoms with Crippen molar-refractivity contribution in [3.05, 3.63) is 64.0 Å². The maximum absolute atomic E-state index is 12.4. The van der Waals surface area contributed by atoms with Crippen LogP contribution < -0.4 is 5.32 Å². The molecule has 0 aromatic heterocycles. The van der Waals surface area contributed by atoms with Crippen molar-refractivity contribution in [3.8, 4) is 5.75 Å². The summed E-state index contributed by atoms with van der Waals surface area (Å²) >= 11 is 6.74. The Labute approximate surface area is 158 Å². The number of aromatic hydroxyl groups is 1. The lowest BCUT2D eigenvalue weighted by Gasteiger charge is -2.13. The SMILES string of the molecule is O=C(CN1C(=O)S/C(=C\c2ccc(O)cc2)C1=O)Nc1ccccc1Cl. The van der Waals surface area contributed by atoms with E-state index in [1.54, 1.807) is 36.4 Å². The highest BCUT2D eigenvalue weighted by Gasteiger charge is 2.36. The summed E-state index contributed by atoms with van der Waals surface area (Å²) in [5.74, 6) is -0.958. The largest absolute Gasteiger partial charge is 0.508 e. The van der Waals surface area contributed by atoms with Gasteiger partial charge in [0, 0.05) is 0 Å². The number of para-hydroxylation sites is 1. The fourth-order valence-electron chi connectivity index (χ4n) is 2.25. The van der Waals surface area contributed by atoms with Gasteiger partial charge in [0.25, 0.3) is 11.1 Å². The number of phenolic OH excluding ortho intramolecular Hbond substituents is 1. The minimum atomic E-state index is -0.539. The molecule has 3 rings (SSSR count). The molecule has 3 amide bonds. The first-order valence-corrected chi connectivity index (χ1v) is 8.72. The first-order chi connectivity index (χ1) is 12.4. The van der Waals surface area contributed by atoms with Crippen LogP contribution in [-0.2, 0) is 9.59 Å². The zero-order valence-electron chi connectivity index (χ0n) is 13.3. The Morgan fingerprint density at radius 3 is 2.54 bits per heavy atom. The zero-order chi connectivity index (χ0) is 18.7. The number of phenols is 1. The molecular formula is C18H13ClN2O4S. The first-order valence-electron chi connectivity index (χ1n) is 7.53. The maximum atomic E-state index is 12.4. The summed E-state index contributed by atoms with van der Waals surface area (Å²) < 4.78 is 0. The van der Waals surface area contributed by atoms with E-state index in [4.69, 9.17) is 11.6 Å². The molecule has 2 aromatic carbocycles. The maximum Gasteiger partial charge on any atom is 0.294 e.